The number of rotatable bonds is 3. The first-order valence-electron chi connectivity index (χ1n) is 4.47. The lowest BCUT2D eigenvalue weighted by atomic mass is 9.84. The average molecular weight is 217 g/mol. The Kier molecular flexibility index (Phi) is 2.94. The fourth-order valence-electron chi connectivity index (χ4n) is 1.30. The van der Waals surface area contributed by atoms with E-state index in [1.165, 1.54) is 11.3 Å². The zero-order valence-electron chi connectivity index (χ0n) is 7.83. The molecule has 1 aromatic carbocycles. The van der Waals surface area contributed by atoms with Crippen LogP contribution in [0.4, 0.5) is 0 Å². The summed E-state index contributed by atoms with van der Waals surface area (Å²) >= 11 is 1.37. The number of nitroso groups, excluding NO2 is 1. The molecule has 0 saturated carbocycles. The van der Waals surface area contributed by atoms with Crippen LogP contribution in [-0.2, 0) is 0 Å². The van der Waals surface area contributed by atoms with E-state index in [0.717, 1.165) is 10.4 Å². The number of nitrogens with zero attached hydrogens (tertiary/aromatic N) is 1. The lowest BCUT2D eigenvalue weighted by molar-refractivity contribution is 0.588. The lowest BCUT2D eigenvalue weighted by Crippen LogP contribution is -2.23. The zero-order chi connectivity index (χ0) is 10.7. The van der Waals surface area contributed by atoms with Crippen LogP contribution in [0.3, 0.4) is 0 Å². The summed E-state index contributed by atoms with van der Waals surface area (Å²) in [7, 11) is -1.24. The van der Waals surface area contributed by atoms with Crippen molar-refractivity contribution in [1.82, 2.24) is 0 Å². The smallest absolute Gasteiger partial charge is 0.425 e. The Morgan fingerprint density at radius 2 is 1.87 bits per heavy atom. The van der Waals surface area contributed by atoms with Crippen molar-refractivity contribution in [3.05, 3.63) is 47.4 Å². The van der Waals surface area contributed by atoms with Crippen LogP contribution < -0.4 is 4.78 Å². The minimum absolute atomic E-state index is 0.573. The maximum absolute atomic E-state index is 10.2. The fraction of sp³-hybridized carbons (Fsp3) is 0. The molecule has 0 atom stereocenters. The summed E-state index contributed by atoms with van der Waals surface area (Å²) in [5.74, 6) is 0. The molecule has 0 aliphatic heterocycles. The molecule has 0 amide bonds. The van der Waals surface area contributed by atoms with Crippen molar-refractivity contribution in [3.8, 4) is 10.4 Å². The zero-order valence-corrected chi connectivity index (χ0v) is 8.65. The standard InChI is InChI=1S/C10H8BNO2S/c13-11(12-14)10-7-6-9(15-10)8-4-2-1-3-5-8/h1-7,13H. The maximum atomic E-state index is 10.2. The first-order valence-corrected chi connectivity index (χ1v) is 5.28. The molecule has 1 aromatic heterocycles. The maximum Gasteiger partial charge on any atom is 0.527 e. The van der Waals surface area contributed by atoms with Gasteiger partial charge in [0.15, 0.2) is 0 Å². The number of hydrogen-bond donors (Lipinski definition) is 1. The second-order valence-electron chi connectivity index (χ2n) is 3.05. The average Bonchev–Trinajstić information content (AvgIpc) is 2.78. The normalized spacial score (nSPS) is 9.93. The second-order valence-corrected chi connectivity index (χ2v) is 4.16. The summed E-state index contributed by atoms with van der Waals surface area (Å²) in [6.45, 7) is 0. The highest BCUT2D eigenvalue weighted by Gasteiger charge is 2.18. The minimum Gasteiger partial charge on any atom is -0.425 e. The van der Waals surface area contributed by atoms with Crippen LogP contribution in [-0.4, -0.2) is 12.1 Å². The van der Waals surface area contributed by atoms with Crippen LogP contribution in [0.15, 0.2) is 47.6 Å². The highest BCUT2D eigenvalue weighted by molar-refractivity contribution is 7.25. The molecule has 3 nitrogen and oxygen atoms in total. The van der Waals surface area contributed by atoms with Crippen molar-refractivity contribution in [1.29, 1.82) is 0 Å². The van der Waals surface area contributed by atoms with Crippen molar-refractivity contribution >= 4 is 23.2 Å². The van der Waals surface area contributed by atoms with Crippen LogP contribution in [0.1, 0.15) is 0 Å². The summed E-state index contributed by atoms with van der Waals surface area (Å²) in [5, 5.41) is 11.8. The van der Waals surface area contributed by atoms with Crippen molar-refractivity contribution in [2.75, 3.05) is 0 Å². The van der Waals surface area contributed by atoms with E-state index in [-0.39, 0.29) is 0 Å². The Morgan fingerprint density at radius 1 is 1.13 bits per heavy atom. The highest BCUT2D eigenvalue weighted by atomic mass is 32.1. The van der Waals surface area contributed by atoms with Crippen LogP contribution in [0, 0.1) is 4.91 Å². The molecule has 0 aliphatic carbocycles. The Balaban J connectivity index is 2.32. The molecule has 5 heteroatoms. The van der Waals surface area contributed by atoms with Gasteiger partial charge in [0, 0.05) is 9.65 Å². The molecule has 0 unspecified atom stereocenters. The van der Waals surface area contributed by atoms with Crippen LogP contribution in [0.2, 0.25) is 0 Å². The number of benzene rings is 1. The fourth-order valence-corrected chi connectivity index (χ4v) is 2.23. The van der Waals surface area contributed by atoms with Crippen molar-refractivity contribution in [2.45, 2.75) is 0 Å². The molecule has 1 heterocycles. The molecule has 15 heavy (non-hydrogen) atoms. The molecule has 0 aliphatic rings. The van der Waals surface area contributed by atoms with E-state index in [0.29, 0.717) is 4.78 Å². The predicted molar refractivity (Wildman–Crippen MR) is 63.2 cm³/mol. The molecular formula is C10H8BNO2S. The lowest BCUT2D eigenvalue weighted by Gasteiger charge is -1.94. The first kappa shape index (κ1) is 10.1. The van der Waals surface area contributed by atoms with Gasteiger partial charge >= 0.3 is 7.05 Å². The van der Waals surface area contributed by atoms with E-state index < -0.39 is 7.05 Å². The first-order chi connectivity index (χ1) is 7.31. The minimum atomic E-state index is -1.24. The Bertz CT molecular complexity index is 457. The van der Waals surface area contributed by atoms with Gasteiger partial charge in [-0.15, -0.1) is 11.3 Å². The van der Waals surface area contributed by atoms with Crippen molar-refractivity contribution in [3.63, 3.8) is 0 Å². The Morgan fingerprint density at radius 3 is 2.53 bits per heavy atom. The van der Waals surface area contributed by atoms with Crippen molar-refractivity contribution < 1.29 is 5.02 Å². The monoisotopic (exact) mass is 217 g/mol. The highest BCUT2D eigenvalue weighted by Crippen LogP contribution is 2.22. The molecule has 2 aromatic rings. The third-order valence-corrected chi connectivity index (χ3v) is 3.21. The summed E-state index contributed by atoms with van der Waals surface area (Å²) in [5.41, 5.74) is 1.08. The van der Waals surface area contributed by atoms with Crippen LogP contribution in [0.25, 0.3) is 10.4 Å². The van der Waals surface area contributed by atoms with E-state index in [2.05, 4.69) is 5.09 Å². The SMILES string of the molecule is O=NB(O)c1ccc(-c2ccccc2)s1. The number of thiophene rings is 1. The quantitative estimate of drug-likeness (QED) is 0.630. The molecule has 0 spiro atoms. The summed E-state index contributed by atoms with van der Waals surface area (Å²) in [6, 6.07) is 13.4. The largest absolute Gasteiger partial charge is 0.527 e. The van der Waals surface area contributed by atoms with Crippen molar-refractivity contribution in [2.24, 2.45) is 5.09 Å². The van der Waals surface area contributed by atoms with E-state index in [1.807, 2.05) is 36.4 Å². The summed E-state index contributed by atoms with van der Waals surface area (Å²) in [4.78, 5) is 11.2. The van der Waals surface area contributed by atoms with Gasteiger partial charge in [-0.3, -0.25) is 0 Å². The number of hydrogen-bond acceptors (Lipinski definition) is 4. The molecule has 0 bridgehead atoms. The Hall–Kier alpha value is -1.46. The van der Waals surface area contributed by atoms with Gasteiger partial charge in [0.1, 0.15) is 0 Å². The van der Waals surface area contributed by atoms with Gasteiger partial charge in [-0.05, 0) is 11.6 Å². The van der Waals surface area contributed by atoms with Gasteiger partial charge in [0.2, 0.25) is 0 Å². The Labute approximate surface area is 91.5 Å². The van der Waals surface area contributed by atoms with Gasteiger partial charge in [-0.1, -0.05) is 41.5 Å². The molecule has 2 rings (SSSR count). The third kappa shape index (κ3) is 2.14. The predicted octanol–water partition coefficient (Wildman–Crippen LogP) is 1.87. The molecule has 0 radical (unpaired) electrons. The molecule has 0 fully saturated rings. The summed E-state index contributed by atoms with van der Waals surface area (Å²) < 4.78 is 0.573. The summed E-state index contributed by atoms with van der Waals surface area (Å²) in [6.07, 6.45) is 0. The van der Waals surface area contributed by atoms with E-state index >= 15 is 0 Å². The van der Waals surface area contributed by atoms with Gasteiger partial charge < -0.3 is 5.02 Å². The second kappa shape index (κ2) is 4.38. The molecule has 74 valence electrons. The van der Waals surface area contributed by atoms with Gasteiger partial charge in [-0.2, -0.15) is 4.91 Å². The van der Waals surface area contributed by atoms with Crippen LogP contribution in [0.5, 0.6) is 0 Å². The van der Waals surface area contributed by atoms with Gasteiger partial charge in [0.05, 0.1) is 0 Å². The van der Waals surface area contributed by atoms with Gasteiger partial charge in [-0.25, -0.2) is 0 Å². The van der Waals surface area contributed by atoms with E-state index in [1.54, 1.807) is 6.07 Å². The van der Waals surface area contributed by atoms with Crippen LogP contribution >= 0.6 is 11.3 Å². The van der Waals surface area contributed by atoms with E-state index in [9.17, 15) is 9.93 Å². The van der Waals surface area contributed by atoms with Gasteiger partial charge in [0.25, 0.3) is 0 Å². The van der Waals surface area contributed by atoms with E-state index in [4.69, 9.17) is 0 Å². The topological polar surface area (TPSA) is 49.7 Å². The molecule has 0 saturated heterocycles. The third-order valence-electron chi connectivity index (χ3n) is 2.04. The molecule has 1 N–H and O–H groups in total. The molecular weight excluding hydrogens is 209 g/mol.